The van der Waals surface area contributed by atoms with Crippen LogP contribution in [0, 0.1) is 5.92 Å². The highest BCUT2D eigenvalue weighted by molar-refractivity contribution is 5.82. The van der Waals surface area contributed by atoms with Crippen molar-refractivity contribution in [2.24, 2.45) is 5.92 Å². The van der Waals surface area contributed by atoms with E-state index in [0.29, 0.717) is 24.8 Å². The second kappa shape index (κ2) is 10.6. The number of hydrogen-bond acceptors (Lipinski definition) is 4. The molecule has 0 radical (unpaired) electrons. The number of likely N-dealkylation sites (N-methyl/N-ethyl adjacent to an activating group) is 1. The molecule has 1 aliphatic carbocycles. The number of hydrogen-bond donors (Lipinski definition) is 0. The molecule has 1 aromatic carbocycles. The lowest BCUT2D eigenvalue weighted by Crippen LogP contribution is -2.58. The maximum absolute atomic E-state index is 13.3. The standard InChI is InChI=1S/C23H35N3O3/c1-3-24(4-2)23(28)22(19-10-8-9-11-19)26-16-14-25(15-17-26)21(27)18-29-20-12-6-5-7-13-20/h5-7,12-13,19,22H,3-4,8-11,14-18H2,1-2H3/t22-/m1/s1. The molecule has 2 amide bonds. The molecule has 0 bridgehead atoms. The monoisotopic (exact) mass is 401 g/mol. The average Bonchev–Trinajstić information content (AvgIpc) is 3.28. The van der Waals surface area contributed by atoms with Gasteiger partial charge in [-0.25, -0.2) is 0 Å². The van der Waals surface area contributed by atoms with Crippen LogP contribution in [-0.4, -0.2) is 78.4 Å². The fourth-order valence-corrected chi connectivity index (χ4v) is 4.65. The highest BCUT2D eigenvalue weighted by atomic mass is 16.5. The molecule has 6 heteroatoms. The summed E-state index contributed by atoms with van der Waals surface area (Å²) in [7, 11) is 0. The molecule has 0 aromatic heterocycles. The zero-order valence-corrected chi connectivity index (χ0v) is 17.9. The number of rotatable bonds is 8. The van der Waals surface area contributed by atoms with Gasteiger partial charge in [0, 0.05) is 39.3 Å². The summed E-state index contributed by atoms with van der Waals surface area (Å²) in [6.07, 6.45) is 4.73. The predicted octanol–water partition coefficient (Wildman–Crippen LogP) is 2.64. The highest BCUT2D eigenvalue weighted by Crippen LogP contribution is 2.32. The van der Waals surface area contributed by atoms with E-state index < -0.39 is 0 Å². The van der Waals surface area contributed by atoms with Gasteiger partial charge in [0.1, 0.15) is 5.75 Å². The van der Waals surface area contributed by atoms with E-state index in [2.05, 4.69) is 18.7 Å². The molecule has 1 aliphatic heterocycles. The molecule has 1 saturated heterocycles. The van der Waals surface area contributed by atoms with Crippen LogP contribution in [0.4, 0.5) is 0 Å². The number of amides is 2. The van der Waals surface area contributed by atoms with Gasteiger partial charge in [-0.05, 0) is 44.7 Å². The van der Waals surface area contributed by atoms with Crippen LogP contribution in [0.3, 0.4) is 0 Å². The summed E-state index contributed by atoms with van der Waals surface area (Å²) >= 11 is 0. The number of benzene rings is 1. The second-order valence-corrected chi connectivity index (χ2v) is 8.02. The summed E-state index contributed by atoms with van der Waals surface area (Å²) in [5.74, 6) is 1.45. The lowest BCUT2D eigenvalue weighted by atomic mass is 9.94. The van der Waals surface area contributed by atoms with E-state index in [-0.39, 0.29) is 24.5 Å². The largest absolute Gasteiger partial charge is 0.484 e. The van der Waals surface area contributed by atoms with Gasteiger partial charge in [-0.2, -0.15) is 0 Å². The highest BCUT2D eigenvalue weighted by Gasteiger charge is 2.38. The minimum absolute atomic E-state index is 0.0148. The summed E-state index contributed by atoms with van der Waals surface area (Å²) in [4.78, 5) is 32.0. The summed E-state index contributed by atoms with van der Waals surface area (Å²) in [6.45, 7) is 8.51. The van der Waals surface area contributed by atoms with E-state index in [9.17, 15) is 9.59 Å². The summed E-state index contributed by atoms with van der Waals surface area (Å²) in [5, 5.41) is 0. The van der Waals surface area contributed by atoms with Gasteiger partial charge in [-0.15, -0.1) is 0 Å². The van der Waals surface area contributed by atoms with Crippen LogP contribution in [0.5, 0.6) is 5.75 Å². The topological polar surface area (TPSA) is 53.1 Å². The third-order valence-corrected chi connectivity index (χ3v) is 6.34. The van der Waals surface area contributed by atoms with Crippen molar-refractivity contribution in [2.75, 3.05) is 45.9 Å². The lowest BCUT2D eigenvalue weighted by molar-refractivity contribution is -0.141. The van der Waals surface area contributed by atoms with Gasteiger partial charge < -0.3 is 14.5 Å². The van der Waals surface area contributed by atoms with E-state index in [0.717, 1.165) is 39.0 Å². The van der Waals surface area contributed by atoms with Crippen LogP contribution in [0.25, 0.3) is 0 Å². The average molecular weight is 402 g/mol. The molecule has 1 saturated carbocycles. The molecule has 1 heterocycles. The maximum atomic E-state index is 13.3. The molecule has 29 heavy (non-hydrogen) atoms. The predicted molar refractivity (Wildman–Crippen MR) is 114 cm³/mol. The Bertz CT molecular complexity index is 649. The number of para-hydroxylation sites is 1. The summed E-state index contributed by atoms with van der Waals surface area (Å²) < 4.78 is 5.61. The van der Waals surface area contributed by atoms with E-state index in [1.807, 2.05) is 40.1 Å². The molecule has 160 valence electrons. The molecule has 0 N–H and O–H groups in total. The van der Waals surface area contributed by atoms with Crippen LogP contribution in [-0.2, 0) is 9.59 Å². The van der Waals surface area contributed by atoms with Gasteiger partial charge in [0.25, 0.3) is 5.91 Å². The SMILES string of the molecule is CCN(CC)C(=O)[C@@H](C1CCCC1)N1CCN(C(=O)COc2ccccc2)CC1. The van der Waals surface area contributed by atoms with Crippen molar-refractivity contribution >= 4 is 11.8 Å². The molecule has 0 spiro atoms. The van der Waals surface area contributed by atoms with Crippen LogP contribution in [0.1, 0.15) is 39.5 Å². The van der Waals surface area contributed by atoms with Gasteiger partial charge in [-0.3, -0.25) is 14.5 Å². The molecular weight excluding hydrogens is 366 g/mol. The van der Waals surface area contributed by atoms with Gasteiger partial charge >= 0.3 is 0 Å². The van der Waals surface area contributed by atoms with E-state index in [1.165, 1.54) is 12.8 Å². The molecular formula is C23H35N3O3. The second-order valence-electron chi connectivity index (χ2n) is 8.02. The first kappa shape index (κ1) is 21.6. The first-order valence-corrected chi connectivity index (χ1v) is 11.1. The number of nitrogens with zero attached hydrogens (tertiary/aromatic N) is 3. The Morgan fingerprint density at radius 1 is 1.03 bits per heavy atom. The zero-order valence-electron chi connectivity index (χ0n) is 17.9. The van der Waals surface area contributed by atoms with Crippen LogP contribution < -0.4 is 4.74 Å². The van der Waals surface area contributed by atoms with Gasteiger partial charge in [0.2, 0.25) is 5.91 Å². The molecule has 0 unspecified atom stereocenters. The fourth-order valence-electron chi connectivity index (χ4n) is 4.65. The minimum Gasteiger partial charge on any atom is -0.484 e. The quantitative estimate of drug-likeness (QED) is 0.672. The Morgan fingerprint density at radius 3 is 2.24 bits per heavy atom. The normalized spacial score (nSPS) is 19.2. The van der Waals surface area contributed by atoms with Crippen molar-refractivity contribution < 1.29 is 14.3 Å². The molecule has 2 fully saturated rings. The number of ether oxygens (including phenoxy) is 1. The Morgan fingerprint density at radius 2 is 1.66 bits per heavy atom. The van der Waals surface area contributed by atoms with Crippen molar-refractivity contribution in [1.29, 1.82) is 0 Å². The summed E-state index contributed by atoms with van der Waals surface area (Å²) in [6, 6.07) is 9.40. The van der Waals surface area contributed by atoms with E-state index >= 15 is 0 Å². The maximum Gasteiger partial charge on any atom is 0.260 e. The van der Waals surface area contributed by atoms with Gasteiger partial charge in [0.15, 0.2) is 6.61 Å². The van der Waals surface area contributed by atoms with Crippen molar-refractivity contribution in [3.63, 3.8) is 0 Å². The Kier molecular flexibility index (Phi) is 7.92. The number of piperazine rings is 1. The van der Waals surface area contributed by atoms with Crippen molar-refractivity contribution in [1.82, 2.24) is 14.7 Å². The van der Waals surface area contributed by atoms with Crippen molar-refractivity contribution in [2.45, 2.75) is 45.6 Å². The van der Waals surface area contributed by atoms with Crippen LogP contribution in [0.15, 0.2) is 30.3 Å². The van der Waals surface area contributed by atoms with Gasteiger partial charge in [0.05, 0.1) is 6.04 Å². The minimum atomic E-state index is -0.0322. The molecule has 1 aromatic rings. The first-order chi connectivity index (χ1) is 14.1. The Balaban J connectivity index is 1.56. The number of carbonyl (C=O) groups excluding carboxylic acids is 2. The van der Waals surface area contributed by atoms with Crippen molar-refractivity contribution in [3.05, 3.63) is 30.3 Å². The zero-order chi connectivity index (χ0) is 20.6. The third kappa shape index (κ3) is 5.50. The van der Waals surface area contributed by atoms with Crippen molar-refractivity contribution in [3.8, 4) is 5.75 Å². The Labute approximate surface area is 174 Å². The van der Waals surface area contributed by atoms with Gasteiger partial charge in [-0.1, -0.05) is 31.0 Å². The number of carbonyl (C=O) groups is 2. The smallest absolute Gasteiger partial charge is 0.260 e. The molecule has 1 atom stereocenters. The van der Waals surface area contributed by atoms with Crippen LogP contribution >= 0.6 is 0 Å². The third-order valence-electron chi connectivity index (χ3n) is 6.34. The first-order valence-electron chi connectivity index (χ1n) is 11.1. The molecule has 3 rings (SSSR count). The lowest BCUT2D eigenvalue weighted by Gasteiger charge is -2.42. The van der Waals surface area contributed by atoms with Crippen LogP contribution in [0.2, 0.25) is 0 Å². The Hall–Kier alpha value is -2.08. The van der Waals surface area contributed by atoms with E-state index in [4.69, 9.17) is 4.74 Å². The fraction of sp³-hybridized carbons (Fsp3) is 0.652. The molecule has 6 nitrogen and oxygen atoms in total. The molecule has 2 aliphatic rings. The van der Waals surface area contributed by atoms with E-state index in [1.54, 1.807) is 0 Å². The summed E-state index contributed by atoms with van der Waals surface area (Å²) in [5.41, 5.74) is 0.